The summed E-state index contributed by atoms with van der Waals surface area (Å²) < 4.78 is 5.35. The lowest BCUT2D eigenvalue weighted by atomic mass is 10.2. The van der Waals surface area contributed by atoms with Crippen LogP contribution >= 0.6 is 11.6 Å². The van der Waals surface area contributed by atoms with Gasteiger partial charge >= 0.3 is 5.69 Å². The van der Waals surface area contributed by atoms with Crippen molar-refractivity contribution in [2.75, 3.05) is 12.4 Å². The van der Waals surface area contributed by atoms with Gasteiger partial charge in [-0.05, 0) is 37.8 Å². The van der Waals surface area contributed by atoms with Gasteiger partial charge < -0.3 is 10.1 Å². The highest BCUT2D eigenvalue weighted by molar-refractivity contribution is 6.28. The van der Waals surface area contributed by atoms with E-state index in [4.69, 9.17) is 16.3 Å². The molecule has 19 heavy (non-hydrogen) atoms. The van der Waals surface area contributed by atoms with Crippen molar-refractivity contribution in [2.45, 2.75) is 38.3 Å². The molecule has 0 aromatic carbocycles. The summed E-state index contributed by atoms with van der Waals surface area (Å²) in [7, 11) is 1.64. The maximum Gasteiger partial charge on any atom is 0.332 e. The number of halogens is 1. The third kappa shape index (κ3) is 2.93. The summed E-state index contributed by atoms with van der Waals surface area (Å²) in [6, 6.07) is 0.00840. The smallest absolute Gasteiger partial charge is 0.332 e. The van der Waals surface area contributed by atoms with Crippen LogP contribution in [0.25, 0.3) is 0 Å². The van der Waals surface area contributed by atoms with E-state index in [1.807, 2.05) is 0 Å². The van der Waals surface area contributed by atoms with Crippen molar-refractivity contribution >= 4 is 23.1 Å². The Labute approximate surface area is 115 Å². The van der Waals surface area contributed by atoms with E-state index in [9.17, 15) is 10.1 Å². The average Bonchev–Trinajstić information content (AvgIpc) is 2.74. The molecular weight excluding hydrogens is 272 g/mol. The van der Waals surface area contributed by atoms with Crippen LogP contribution in [0.15, 0.2) is 0 Å². The normalized spacial score (nSPS) is 22.5. The number of rotatable bonds is 4. The predicted octanol–water partition coefficient (Wildman–Crippen LogP) is 2.33. The fraction of sp³-hybridized carbons (Fsp3) is 0.636. The number of anilines is 1. The first-order valence-electron chi connectivity index (χ1n) is 6.00. The number of aromatic nitrogens is 2. The van der Waals surface area contributed by atoms with Crippen LogP contribution in [-0.2, 0) is 4.74 Å². The zero-order valence-corrected chi connectivity index (χ0v) is 11.5. The Bertz CT molecular complexity index is 497. The Balaban J connectivity index is 2.31. The second kappa shape index (κ2) is 5.66. The van der Waals surface area contributed by atoms with Crippen molar-refractivity contribution in [3.8, 4) is 0 Å². The van der Waals surface area contributed by atoms with Gasteiger partial charge in [-0.15, -0.1) is 0 Å². The molecule has 104 valence electrons. The highest BCUT2D eigenvalue weighted by Gasteiger charge is 2.30. The van der Waals surface area contributed by atoms with E-state index in [0.29, 0.717) is 0 Å². The highest BCUT2D eigenvalue weighted by Crippen LogP contribution is 2.31. The van der Waals surface area contributed by atoms with E-state index in [1.54, 1.807) is 14.0 Å². The summed E-state index contributed by atoms with van der Waals surface area (Å²) in [5, 5.41) is 14.2. The molecule has 2 unspecified atom stereocenters. The second-order valence-corrected chi connectivity index (χ2v) is 4.83. The second-order valence-electron chi connectivity index (χ2n) is 4.49. The van der Waals surface area contributed by atoms with Crippen molar-refractivity contribution in [3.63, 3.8) is 0 Å². The standard InChI is InChI=1S/C11H15ClN4O3/c1-6-9(16(17)18)10(15-11(12)13-6)14-7-4-3-5-8(7)19-2/h7-8H,3-5H2,1-2H3,(H,13,14,15). The van der Waals surface area contributed by atoms with E-state index in [0.717, 1.165) is 19.3 Å². The molecule has 0 aliphatic heterocycles. The van der Waals surface area contributed by atoms with Gasteiger partial charge in [0.15, 0.2) is 0 Å². The fourth-order valence-electron chi connectivity index (χ4n) is 2.40. The lowest BCUT2D eigenvalue weighted by Crippen LogP contribution is -2.30. The Morgan fingerprint density at radius 2 is 2.21 bits per heavy atom. The monoisotopic (exact) mass is 286 g/mol. The van der Waals surface area contributed by atoms with Crippen LogP contribution in [0.1, 0.15) is 25.0 Å². The Hall–Kier alpha value is -1.47. The van der Waals surface area contributed by atoms with Crippen LogP contribution in [-0.4, -0.2) is 34.1 Å². The molecule has 1 aromatic rings. The van der Waals surface area contributed by atoms with E-state index >= 15 is 0 Å². The molecule has 0 saturated heterocycles. The quantitative estimate of drug-likeness (QED) is 0.519. The molecule has 8 heteroatoms. The zero-order chi connectivity index (χ0) is 14.0. The molecule has 0 bridgehead atoms. The molecule has 0 radical (unpaired) electrons. The largest absolute Gasteiger partial charge is 0.379 e. The summed E-state index contributed by atoms with van der Waals surface area (Å²) >= 11 is 5.77. The topological polar surface area (TPSA) is 90.2 Å². The molecule has 2 rings (SSSR count). The molecule has 7 nitrogen and oxygen atoms in total. The minimum absolute atomic E-state index is 0.00226. The first-order chi connectivity index (χ1) is 9.02. The third-order valence-electron chi connectivity index (χ3n) is 3.29. The number of nitro groups is 1. The maximum absolute atomic E-state index is 11.1. The van der Waals surface area contributed by atoms with E-state index in [2.05, 4.69) is 15.3 Å². The number of hydrogen-bond acceptors (Lipinski definition) is 6. The van der Waals surface area contributed by atoms with Crippen LogP contribution in [0, 0.1) is 17.0 Å². The summed E-state index contributed by atoms with van der Waals surface area (Å²) in [6.07, 6.45) is 2.87. The van der Waals surface area contributed by atoms with Gasteiger partial charge in [-0.2, -0.15) is 4.98 Å². The SMILES string of the molecule is COC1CCCC1Nc1nc(Cl)nc(C)c1[N+](=O)[O-]. The van der Waals surface area contributed by atoms with Gasteiger partial charge in [-0.25, -0.2) is 4.98 Å². The third-order valence-corrected chi connectivity index (χ3v) is 3.46. The molecule has 2 atom stereocenters. The molecule has 1 N–H and O–H groups in total. The Morgan fingerprint density at radius 1 is 1.47 bits per heavy atom. The average molecular weight is 287 g/mol. The molecule has 1 aliphatic rings. The van der Waals surface area contributed by atoms with Crippen molar-refractivity contribution in [3.05, 3.63) is 21.1 Å². The zero-order valence-electron chi connectivity index (χ0n) is 10.7. The van der Waals surface area contributed by atoms with Crippen molar-refractivity contribution < 1.29 is 9.66 Å². The number of aryl methyl sites for hydroxylation is 1. The molecule has 1 fully saturated rings. The van der Waals surface area contributed by atoms with Gasteiger partial charge in [0.25, 0.3) is 0 Å². The van der Waals surface area contributed by atoms with Crippen LogP contribution in [0.5, 0.6) is 0 Å². The highest BCUT2D eigenvalue weighted by atomic mass is 35.5. The van der Waals surface area contributed by atoms with Gasteiger partial charge in [-0.3, -0.25) is 10.1 Å². The fourth-order valence-corrected chi connectivity index (χ4v) is 2.61. The van der Waals surface area contributed by atoms with E-state index in [-0.39, 0.29) is 34.6 Å². The lowest BCUT2D eigenvalue weighted by Gasteiger charge is -2.20. The number of methoxy groups -OCH3 is 1. The summed E-state index contributed by atoms with van der Waals surface area (Å²) in [5.41, 5.74) is 0.116. The van der Waals surface area contributed by atoms with Crippen molar-refractivity contribution in [2.24, 2.45) is 0 Å². The number of hydrogen-bond donors (Lipinski definition) is 1. The molecule has 0 spiro atoms. The van der Waals surface area contributed by atoms with Crippen LogP contribution in [0.2, 0.25) is 5.28 Å². The first kappa shape index (κ1) is 14.0. The number of nitrogens with one attached hydrogen (secondary N) is 1. The summed E-state index contributed by atoms with van der Waals surface area (Å²) in [5.74, 6) is 0.163. The van der Waals surface area contributed by atoms with Gasteiger partial charge in [-0.1, -0.05) is 0 Å². The molecule has 1 saturated carbocycles. The molecule has 1 aromatic heterocycles. The Morgan fingerprint density at radius 3 is 2.84 bits per heavy atom. The minimum Gasteiger partial charge on any atom is -0.379 e. The van der Waals surface area contributed by atoms with E-state index < -0.39 is 4.92 Å². The Kier molecular flexibility index (Phi) is 4.16. The van der Waals surface area contributed by atoms with E-state index in [1.165, 1.54) is 0 Å². The van der Waals surface area contributed by atoms with Crippen molar-refractivity contribution in [1.29, 1.82) is 0 Å². The van der Waals surface area contributed by atoms with Gasteiger partial charge in [0.2, 0.25) is 11.1 Å². The maximum atomic E-state index is 11.1. The van der Waals surface area contributed by atoms with Gasteiger partial charge in [0, 0.05) is 7.11 Å². The first-order valence-corrected chi connectivity index (χ1v) is 6.38. The minimum atomic E-state index is -0.495. The molecule has 0 amide bonds. The van der Waals surface area contributed by atoms with Gasteiger partial charge in [0.05, 0.1) is 17.1 Å². The summed E-state index contributed by atoms with van der Waals surface area (Å²) in [4.78, 5) is 18.3. The van der Waals surface area contributed by atoms with Crippen molar-refractivity contribution in [1.82, 2.24) is 9.97 Å². The van der Waals surface area contributed by atoms with Gasteiger partial charge in [0.1, 0.15) is 5.69 Å². The van der Waals surface area contributed by atoms with Crippen LogP contribution in [0.3, 0.4) is 0 Å². The lowest BCUT2D eigenvalue weighted by molar-refractivity contribution is -0.385. The predicted molar refractivity (Wildman–Crippen MR) is 70.5 cm³/mol. The van der Waals surface area contributed by atoms with Crippen LogP contribution in [0.4, 0.5) is 11.5 Å². The number of ether oxygens (including phenoxy) is 1. The molecular formula is C11H15ClN4O3. The van der Waals surface area contributed by atoms with Crippen LogP contribution < -0.4 is 5.32 Å². The molecule has 1 aliphatic carbocycles. The summed E-state index contributed by atoms with van der Waals surface area (Å²) in [6.45, 7) is 1.54. The molecule has 1 heterocycles. The number of nitrogens with zero attached hydrogens (tertiary/aromatic N) is 3.